The third-order valence-electron chi connectivity index (χ3n) is 2.49. The van der Waals surface area contributed by atoms with Gasteiger partial charge in [0.05, 0.1) is 0 Å². The Labute approximate surface area is 94.0 Å². The molecule has 0 atom stereocenters. The zero-order chi connectivity index (χ0) is 11.4. The number of hydrogen-bond acceptors (Lipinski definition) is 4. The van der Waals surface area contributed by atoms with Crippen molar-refractivity contribution in [3.8, 4) is 5.88 Å². The lowest BCUT2D eigenvalue weighted by Gasteiger charge is -2.23. The summed E-state index contributed by atoms with van der Waals surface area (Å²) < 4.78 is 5.63. The summed E-state index contributed by atoms with van der Waals surface area (Å²) in [5.41, 5.74) is 5.35. The Morgan fingerprint density at radius 1 is 1.56 bits per heavy atom. The normalized spacial score (nSPS) is 17.0. The van der Waals surface area contributed by atoms with Crippen molar-refractivity contribution in [2.75, 3.05) is 13.1 Å². The minimum atomic E-state index is -0.552. The van der Waals surface area contributed by atoms with Gasteiger partial charge in [0.15, 0.2) is 0 Å². The molecule has 16 heavy (non-hydrogen) atoms. The van der Waals surface area contributed by atoms with E-state index in [-0.39, 0.29) is 11.8 Å². The monoisotopic (exact) mass is 220 g/mol. The molecule has 0 saturated carbocycles. The molecular formula is C11H14N3O2. The second-order valence-electron chi connectivity index (χ2n) is 3.71. The predicted octanol–water partition coefficient (Wildman–Crippen LogP) is 0.111. The molecule has 1 aromatic rings. The fraction of sp³-hybridized carbons (Fsp3) is 0.455. The summed E-state index contributed by atoms with van der Waals surface area (Å²) in [6, 6.07) is 5.98. The minimum absolute atomic E-state index is 0.146. The molecule has 1 saturated heterocycles. The van der Waals surface area contributed by atoms with Crippen LogP contribution in [0.5, 0.6) is 5.88 Å². The molecule has 0 aliphatic carbocycles. The van der Waals surface area contributed by atoms with Crippen molar-refractivity contribution in [3.63, 3.8) is 0 Å². The van der Waals surface area contributed by atoms with E-state index in [1.165, 1.54) is 6.07 Å². The van der Waals surface area contributed by atoms with E-state index in [1.54, 1.807) is 6.07 Å². The average molecular weight is 220 g/mol. The highest BCUT2D eigenvalue weighted by Gasteiger charge is 2.15. The molecule has 0 unspecified atom stereocenters. The van der Waals surface area contributed by atoms with E-state index in [2.05, 4.69) is 16.4 Å². The van der Waals surface area contributed by atoms with Crippen molar-refractivity contribution in [1.82, 2.24) is 10.3 Å². The van der Waals surface area contributed by atoms with Crippen LogP contribution in [0.1, 0.15) is 23.3 Å². The number of rotatable bonds is 3. The number of carbonyl (C=O) groups excluding carboxylic acids is 1. The smallest absolute Gasteiger partial charge is 0.267 e. The van der Waals surface area contributed by atoms with Gasteiger partial charge in [-0.2, -0.15) is 0 Å². The Hall–Kier alpha value is -1.62. The molecule has 1 radical (unpaired) electrons. The quantitative estimate of drug-likeness (QED) is 0.758. The van der Waals surface area contributed by atoms with Gasteiger partial charge in [-0.05, 0) is 38.1 Å². The van der Waals surface area contributed by atoms with E-state index in [0.717, 1.165) is 25.9 Å². The zero-order valence-corrected chi connectivity index (χ0v) is 8.90. The van der Waals surface area contributed by atoms with Gasteiger partial charge in [-0.15, -0.1) is 0 Å². The number of pyridine rings is 1. The topological polar surface area (TPSA) is 77.2 Å². The lowest BCUT2D eigenvalue weighted by molar-refractivity contribution is 0.0992. The maximum atomic E-state index is 10.9. The van der Waals surface area contributed by atoms with E-state index < -0.39 is 5.91 Å². The maximum Gasteiger partial charge on any atom is 0.267 e. The van der Waals surface area contributed by atoms with Gasteiger partial charge >= 0.3 is 0 Å². The number of ether oxygens (including phenoxy) is 1. The summed E-state index contributed by atoms with van der Waals surface area (Å²) in [6.07, 6.45) is 2.03. The maximum absolute atomic E-state index is 10.9. The fourth-order valence-electron chi connectivity index (χ4n) is 1.64. The lowest BCUT2D eigenvalue weighted by atomic mass is 10.1. The third-order valence-corrected chi connectivity index (χ3v) is 2.49. The van der Waals surface area contributed by atoms with E-state index in [0.29, 0.717) is 5.88 Å². The Kier molecular flexibility index (Phi) is 3.36. The van der Waals surface area contributed by atoms with Gasteiger partial charge in [0.2, 0.25) is 5.88 Å². The first kappa shape index (κ1) is 10.9. The summed E-state index contributed by atoms with van der Waals surface area (Å²) in [7, 11) is 0. The Bertz CT molecular complexity index is 375. The molecule has 5 nitrogen and oxygen atoms in total. The van der Waals surface area contributed by atoms with E-state index in [4.69, 9.17) is 10.5 Å². The van der Waals surface area contributed by atoms with Crippen LogP contribution in [-0.4, -0.2) is 30.1 Å². The molecule has 0 aromatic carbocycles. The van der Waals surface area contributed by atoms with Crippen LogP contribution in [0.15, 0.2) is 12.1 Å². The largest absolute Gasteiger partial charge is 0.474 e. The van der Waals surface area contributed by atoms with Crippen LogP contribution in [0.3, 0.4) is 0 Å². The van der Waals surface area contributed by atoms with Gasteiger partial charge in [-0.3, -0.25) is 4.79 Å². The van der Waals surface area contributed by atoms with Crippen molar-refractivity contribution in [2.24, 2.45) is 5.73 Å². The van der Waals surface area contributed by atoms with Crippen LogP contribution in [0.4, 0.5) is 0 Å². The summed E-state index contributed by atoms with van der Waals surface area (Å²) in [4.78, 5) is 14.9. The van der Waals surface area contributed by atoms with E-state index in [9.17, 15) is 4.79 Å². The molecule has 2 heterocycles. The van der Waals surface area contributed by atoms with Crippen molar-refractivity contribution >= 4 is 5.91 Å². The highest BCUT2D eigenvalue weighted by molar-refractivity contribution is 5.90. The predicted molar refractivity (Wildman–Crippen MR) is 58.1 cm³/mol. The van der Waals surface area contributed by atoms with Crippen LogP contribution in [0, 0.1) is 6.07 Å². The van der Waals surface area contributed by atoms with E-state index in [1.807, 2.05) is 0 Å². The molecule has 5 heteroatoms. The van der Waals surface area contributed by atoms with E-state index >= 15 is 0 Å². The average Bonchev–Trinajstić information content (AvgIpc) is 2.30. The number of nitrogens with two attached hydrogens (primary N) is 1. The van der Waals surface area contributed by atoms with Crippen molar-refractivity contribution in [3.05, 3.63) is 23.9 Å². The first-order valence-corrected chi connectivity index (χ1v) is 5.31. The highest BCUT2D eigenvalue weighted by Crippen LogP contribution is 2.13. The van der Waals surface area contributed by atoms with Gasteiger partial charge in [-0.25, -0.2) is 4.98 Å². The molecule has 3 N–H and O–H groups in total. The molecule has 2 rings (SSSR count). The van der Waals surface area contributed by atoms with Crippen molar-refractivity contribution < 1.29 is 9.53 Å². The summed E-state index contributed by atoms with van der Waals surface area (Å²) >= 11 is 0. The number of aromatic nitrogens is 1. The summed E-state index contributed by atoms with van der Waals surface area (Å²) in [6.45, 7) is 1.89. The fourth-order valence-corrected chi connectivity index (χ4v) is 1.64. The van der Waals surface area contributed by atoms with Gasteiger partial charge in [0.1, 0.15) is 11.8 Å². The van der Waals surface area contributed by atoms with Crippen LogP contribution in [0.25, 0.3) is 0 Å². The number of primary amides is 1. The van der Waals surface area contributed by atoms with Gasteiger partial charge in [0, 0.05) is 6.07 Å². The number of carbonyl (C=O) groups is 1. The molecule has 1 aromatic heterocycles. The standard InChI is InChI=1S/C11H14N3O2/c12-11(15)9-2-1-3-10(14-9)16-8-4-6-13-7-5-8/h1-2,8,13H,4-7H2,(H2,12,15). The van der Waals surface area contributed by atoms with Crippen LogP contribution in [-0.2, 0) is 0 Å². The first-order valence-electron chi connectivity index (χ1n) is 5.31. The van der Waals surface area contributed by atoms with Gasteiger partial charge in [0.25, 0.3) is 5.91 Å². The van der Waals surface area contributed by atoms with Crippen LogP contribution in [0.2, 0.25) is 0 Å². The van der Waals surface area contributed by atoms with Gasteiger partial charge in [-0.1, -0.05) is 0 Å². The third kappa shape index (κ3) is 2.70. The molecule has 1 fully saturated rings. The summed E-state index contributed by atoms with van der Waals surface area (Å²) in [5.74, 6) is -0.202. The Balaban J connectivity index is 2.02. The highest BCUT2D eigenvalue weighted by atomic mass is 16.5. The molecule has 0 bridgehead atoms. The molecule has 1 aliphatic rings. The van der Waals surface area contributed by atoms with Crippen LogP contribution < -0.4 is 15.8 Å². The number of nitrogens with one attached hydrogen (secondary N) is 1. The minimum Gasteiger partial charge on any atom is -0.474 e. The second-order valence-corrected chi connectivity index (χ2v) is 3.71. The number of amides is 1. The number of nitrogens with zero attached hydrogens (tertiary/aromatic N) is 1. The van der Waals surface area contributed by atoms with Crippen molar-refractivity contribution in [1.29, 1.82) is 0 Å². The lowest BCUT2D eigenvalue weighted by Crippen LogP contribution is -2.34. The first-order chi connectivity index (χ1) is 7.75. The summed E-state index contributed by atoms with van der Waals surface area (Å²) in [5, 5.41) is 3.25. The number of hydrogen-bond donors (Lipinski definition) is 2. The second kappa shape index (κ2) is 4.94. The molecule has 1 aliphatic heterocycles. The molecule has 0 spiro atoms. The Morgan fingerprint density at radius 3 is 3.00 bits per heavy atom. The number of piperidine rings is 1. The zero-order valence-electron chi connectivity index (χ0n) is 8.90. The van der Waals surface area contributed by atoms with Gasteiger partial charge < -0.3 is 15.8 Å². The van der Waals surface area contributed by atoms with Crippen LogP contribution >= 0.6 is 0 Å². The Morgan fingerprint density at radius 2 is 2.31 bits per heavy atom. The molecule has 85 valence electrons. The SMILES string of the molecule is NC(=O)c1cc[c]c(OC2CCNCC2)n1. The van der Waals surface area contributed by atoms with Crippen molar-refractivity contribution in [2.45, 2.75) is 18.9 Å². The molecule has 1 amide bonds. The molecular weight excluding hydrogens is 206 g/mol.